The molecule has 3 heterocycles. The fourth-order valence-corrected chi connectivity index (χ4v) is 3.68. The molecule has 0 aliphatic carbocycles. The predicted octanol–water partition coefficient (Wildman–Crippen LogP) is 2.22. The fourth-order valence-electron chi connectivity index (χ4n) is 2.69. The van der Waals surface area contributed by atoms with Gasteiger partial charge in [-0.2, -0.15) is 0 Å². The van der Waals surface area contributed by atoms with E-state index < -0.39 is 0 Å². The second-order valence-corrected chi connectivity index (χ2v) is 6.41. The third-order valence-electron chi connectivity index (χ3n) is 3.71. The van der Waals surface area contributed by atoms with Gasteiger partial charge in [0, 0.05) is 32.4 Å². The van der Waals surface area contributed by atoms with Crippen molar-refractivity contribution in [3.8, 4) is 0 Å². The van der Waals surface area contributed by atoms with Gasteiger partial charge >= 0.3 is 0 Å². The summed E-state index contributed by atoms with van der Waals surface area (Å²) in [6.07, 6.45) is 4.21. The molecule has 1 aromatic heterocycles. The maximum Gasteiger partial charge on any atom is 0.208 e. The molecule has 0 saturated carbocycles. The average Bonchev–Trinajstić information content (AvgIpc) is 2.99. The van der Waals surface area contributed by atoms with E-state index in [1.165, 1.54) is 0 Å². The van der Waals surface area contributed by atoms with Crippen LogP contribution in [0, 0.1) is 0 Å². The van der Waals surface area contributed by atoms with E-state index in [2.05, 4.69) is 28.9 Å². The van der Waals surface area contributed by atoms with Crippen molar-refractivity contribution in [1.29, 1.82) is 0 Å². The third kappa shape index (κ3) is 2.75. The van der Waals surface area contributed by atoms with Crippen molar-refractivity contribution < 1.29 is 9.47 Å². The Bertz CT molecular complexity index is 429. The van der Waals surface area contributed by atoms with Crippen molar-refractivity contribution in [2.24, 2.45) is 0 Å². The molecule has 0 amide bonds. The highest BCUT2D eigenvalue weighted by molar-refractivity contribution is 7.15. The zero-order chi connectivity index (χ0) is 13.3. The Kier molecular flexibility index (Phi) is 3.73. The molecule has 3 rings (SSSR count). The molecule has 0 N–H and O–H groups in total. The van der Waals surface area contributed by atoms with Gasteiger partial charge in [-0.15, -0.1) is 10.2 Å². The van der Waals surface area contributed by atoms with Crippen LogP contribution >= 0.6 is 11.3 Å². The van der Waals surface area contributed by atoms with Crippen LogP contribution in [0.2, 0.25) is 0 Å². The van der Waals surface area contributed by atoms with Gasteiger partial charge in [0.25, 0.3) is 0 Å². The van der Waals surface area contributed by atoms with Crippen molar-refractivity contribution in [2.45, 2.75) is 51.4 Å². The normalized spacial score (nSPS) is 26.2. The van der Waals surface area contributed by atoms with Gasteiger partial charge in [-0.25, -0.2) is 0 Å². The number of ether oxygens (including phenoxy) is 2. The monoisotopic (exact) mass is 283 g/mol. The second kappa shape index (κ2) is 5.34. The van der Waals surface area contributed by atoms with E-state index in [1.54, 1.807) is 11.3 Å². The summed E-state index contributed by atoms with van der Waals surface area (Å²) < 4.78 is 11.8. The Balaban J connectivity index is 1.60. The minimum Gasteiger partial charge on any atom is -0.347 e. The minimum atomic E-state index is -0.327. The maximum absolute atomic E-state index is 5.94. The van der Waals surface area contributed by atoms with Crippen LogP contribution in [0.1, 0.15) is 38.1 Å². The number of aryl methyl sites for hydroxylation is 1. The van der Waals surface area contributed by atoms with Crippen LogP contribution in [0.5, 0.6) is 0 Å². The summed E-state index contributed by atoms with van der Waals surface area (Å²) in [5, 5.41) is 10.7. The standard InChI is InChI=1S/C13H21N3O2S/c1-3-4-11-14-15-12(19-11)16-7-5-13(6-8-16)17-9-10(2)18-13/h10H,3-9H2,1-2H3. The Morgan fingerprint density at radius 3 is 2.79 bits per heavy atom. The van der Waals surface area contributed by atoms with E-state index in [1.807, 2.05) is 0 Å². The van der Waals surface area contributed by atoms with Crippen molar-refractivity contribution in [3.05, 3.63) is 5.01 Å². The van der Waals surface area contributed by atoms with Gasteiger partial charge in [-0.1, -0.05) is 18.3 Å². The molecule has 2 fully saturated rings. The van der Waals surface area contributed by atoms with Crippen LogP contribution in [0.25, 0.3) is 0 Å². The number of hydrogen-bond donors (Lipinski definition) is 0. The lowest BCUT2D eigenvalue weighted by Gasteiger charge is -2.37. The van der Waals surface area contributed by atoms with Crippen LogP contribution < -0.4 is 4.90 Å². The molecule has 1 spiro atoms. The Labute approximate surface area is 117 Å². The second-order valence-electron chi connectivity index (χ2n) is 5.37. The molecule has 2 aliphatic rings. The highest BCUT2D eigenvalue weighted by atomic mass is 32.1. The van der Waals surface area contributed by atoms with Gasteiger partial charge in [0.1, 0.15) is 5.01 Å². The lowest BCUT2D eigenvalue weighted by atomic mass is 10.0. The van der Waals surface area contributed by atoms with Gasteiger partial charge in [-0.05, 0) is 13.3 Å². The fraction of sp³-hybridized carbons (Fsp3) is 0.846. The van der Waals surface area contributed by atoms with Crippen molar-refractivity contribution in [3.63, 3.8) is 0 Å². The molecule has 0 aromatic carbocycles. The first-order valence-corrected chi connectivity index (χ1v) is 7.91. The summed E-state index contributed by atoms with van der Waals surface area (Å²) in [4.78, 5) is 2.30. The van der Waals surface area contributed by atoms with Crippen LogP contribution in [0.3, 0.4) is 0 Å². The largest absolute Gasteiger partial charge is 0.347 e. The number of piperidine rings is 1. The topological polar surface area (TPSA) is 47.5 Å². The van der Waals surface area contributed by atoms with Gasteiger partial charge in [0.2, 0.25) is 5.13 Å². The average molecular weight is 283 g/mol. The Morgan fingerprint density at radius 2 is 2.16 bits per heavy atom. The minimum absolute atomic E-state index is 0.226. The first-order valence-electron chi connectivity index (χ1n) is 7.10. The number of aromatic nitrogens is 2. The lowest BCUT2D eigenvalue weighted by Crippen LogP contribution is -2.45. The highest BCUT2D eigenvalue weighted by Gasteiger charge is 2.42. The molecule has 1 unspecified atom stereocenters. The quantitative estimate of drug-likeness (QED) is 0.851. The van der Waals surface area contributed by atoms with Gasteiger partial charge < -0.3 is 14.4 Å². The Hall–Kier alpha value is -0.720. The van der Waals surface area contributed by atoms with E-state index in [9.17, 15) is 0 Å². The summed E-state index contributed by atoms with van der Waals surface area (Å²) in [6.45, 7) is 6.84. The maximum atomic E-state index is 5.94. The van der Waals surface area contributed by atoms with Gasteiger partial charge in [-0.3, -0.25) is 0 Å². The predicted molar refractivity (Wildman–Crippen MR) is 74.6 cm³/mol. The molecule has 0 radical (unpaired) electrons. The first-order chi connectivity index (χ1) is 9.21. The van der Waals surface area contributed by atoms with Crippen LogP contribution in [0.4, 0.5) is 5.13 Å². The molecule has 6 heteroatoms. The van der Waals surface area contributed by atoms with E-state index in [0.717, 1.165) is 55.5 Å². The number of hydrogen-bond acceptors (Lipinski definition) is 6. The molecule has 5 nitrogen and oxygen atoms in total. The zero-order valence-corrected chi connectivity index (χ0v) is 12.4. The third-order valence-corrected chi connectivity index (χ3v) is 4.76. The van der Waals surface area contributed by atoms with Crippen LogP contribution in [0.15, 0.2) is 0 Å². The zero-order valence-electron chi connectivity index (χ0n) is 11.6. The molecule has 0 bridgehead atoms. The van der Waals surface area contributed by atoms with E-state index >= 15 is 0 Å². The number of anilines is 1. The summed E-state index contributed by atoms with van der Waals surface area (Å²) in [7, 11) is 0. The van der Waals surface area contributed by atoms with E-state index in [-0.39, 0.29) is 11.9 Å². The first kappa shape index (κ1) is 13.3. The smallest absolute Gasteiger partial charge is 0.208 e. The molecule has 106 valence electrons. The van der Waals surface area contributed by atoms with Gasteiger partial charge in [0.15, 0.2) is 5.79 Å². The SMILES string of the molecule is CCCc1nnc(N2CCC3(CC2)OCC(C)O3)s1. The van der Waals surface area contributed by atoms with Gasteiger partial charge in [0.05, 0.1) is 12.7 Å². The summed E-state index contributed by atoms with van der Waals surface area (Å²) in [5.74, 6) is -0.327. The van der Waals surface area contributed by atoms with Crippen molar-refractivity contribution in [1.82, 2.24) is 10.2 Å². The molecule has 19 heavy (non-hydrogen) atoms. The summed E-state index contributed by atoms with van der Waals surface area (Å²) >= 11 is 1.72. The Morgan fingerprint density at radius 1 is 1.37 bits per heavy atom. The highest BCUT2D eigenvalue weighted by Crippen LogP contribution is 2.36. The molecule has 2 saturated heterocycles. The number of rotatable bonds is 3. The van der Waals surface area contributed by atoms with E-state index in [0.29, 0.717) is 0 Å². The van der Waals surface area contributed by atoms with Crippen LogP contribution in [-0.2, 0) is 15.9 Å². The molecular formula is C13H21N3O2S. The number of nitrogens with zero attached hydrogens (tertiary/aromatic N) is 3. The molecule has 1 aromatic rings. The molecular weight excluding hydrogens is 262 g/mol. The van der Waals surface area contributed by atoms with Crippen LogP contribution in [-0.4, -0.2) is 41.8 Å². The molecule has 2 aliphatic heterocycles. The summed E-state index contributed by atoms with van der Waals surface area (Å²) in [6, 6.07) is 0. The lowest BCUT2D eigenvalue weighted by molar-refractivity contribution is -0.178. The van der Waals surface area contributed by atoms with Crippen molar-refractivity contribution >= 4 is 16.5 Å². The summed E-state index contributed by atoms with van der Waals surface area (Å²) in [5.41, 5.74) is 0. The van der Waals surface area contributed by atoms with E-state index in [4.69, 9.17) is 9.47 Å². The van der Waals surface area contributed by atoms with Crippen molar-refractivity contribution in [2.75, 3.05) is 24.6 Å². The molecule has 1 atom stereocenters.